The molecule has 0 spiro atoms. The van der Waals surface area contributed by atoms with Crippen molar-refractivity contribution in [2.24, 2.45) is 0 Å². The monoisotopic (exact) mass is 862 g/mol. The topological polar surface area (TPSA) is 56.7 Å². The second-order valence-electron chi connectivity index (χ2n) is 13.4. The standard InChI is InChI=1S/C34H32N3O.C12H10N.Ir/c1-22(2)26-11-9-12-27(23(3)4)29(26)20-37-32-14-6-5-13-31(32)36-34(37)30-21-38-33-16-15-24(19-28(30)33)18-25-10-7-8-17-35-25;1-10-7-8-12(13-9-10)11-5-3-2-4-6-11;/h5-17,19,22-23H,18,20H2,1-4H3;2-5,7-9H,1H3;/q2*-1;/i;1D3;. The Hall–Kier alpha value is -5.16. The van der Waals surface area contributed by atoms with E-state index in [1.165, 1.54) is 28.5 Å². The minimum atomic E-state index is -2.09. The molecule has 0 bridgehead atoms. The molecule has 0 N–H and O–H groups in total. The van der Waals surface area contributed by atoms with Crippen molar-refractivity contribution in [1.29, 1.82) is 0 Å². The molecular weight excluding hydrogens is 817 g/mol. The fourth-order valence-corrected chi connectivity index (χ4v) is 6.59. The smallest absolute Gasteiger partial charge is 0.0770 e. The summed E-state index contributed by atoms with van der Waals surface area (Å²) < 4.78 is 30.0. The molecule has 5 nitrogen and oxygen atoms in total. The van der Waals surface area contributed by atoms with E-state index in [4.69, 9.17) is 13.5 Å². The Morgan fingerprint density at radius 3 is 2.29 bits per heavy atom. The molecule has 4 aromatic heterocycles. The van der Waals surface area contributed by atoms with E-state index in [0.717, 1.165) is 63.3 Å². The van der Waals surface area contributed by atoms with Crippen LogP contribution < -0.4 is 0 Å². The average molecular weight is 862 g/mol. The predicted octanol–water partition coefficient (Wildman–Crippen LogP) is 11.4. The minimum absolute atomic E-state index is 0. The first-order valence-electron chi connectivity index (χ1n) is 18.9. The van der Waals surface area contributed by atoms with E-state index >= 15 is 0 Å². The molecular formula is C46H42IrN4O-2. The summed E-state index contributed by atoms with van der Waals surface area (Å²) in [5.41, 5.74) is 12.0. The van der Waals surface area contributed by atoms with Gasteiger partial charge in [0, 0.05) is 67.1 Å². The Labute approximate surface area is 324 Å². The van der Waals surface area contributed by atoms with Crippen molar-refractivity contribution < 1.29 is 28.6 Å². The molecule has 0 aliphatic rings. The van der Waals surface area contributed by atoms with Gasteiger partial charge in [-0.2, -0.15) is 0 Å². The average Bonchev–Trinajstić information content (AvgIpc) is 3.76. The number of benzene rings is 4. The molecule has 8 aromatic rings. The van der Waals surface area contributed by atoms with Crippen LogP contribution in [0.2, 0.25) is 0 Å². The van der Waals surface area contributed by atoms with Crippen molar-refractivity contribution in [3.8, 4) is 22.6 Å². The molecule has 0 fully saturated rings. The van der Waals surface area contributed by atoms with Crippen molar-refractivity contribution in [1.82, 2.24) is 19.5 Å². The number of rotatable bonds is 8. The van der Waals surface area contributed by atoms with E-state index in [1.807, 2.05) is 48.7 Å². The third-order valence-electron chi connectivity index (χ3n) is 9.12. The SMILES string of the molecule is CC(C)c1cccc(C(C)C)c1Cn1c(-c2[c-]oc3ccc(Cc4ccccn4)cc23)nc2ccccc21.[2H]C([2H])([2H])c1ccc(-c2[c-]cccc2)nc1.[Ir]. The molecule has 0 aliphatic heterocycles. The van der Waals surface area contributed by atoms with E-state index in [9.17, 15) is 0 Å². The molecule has 0 amide bonds. The van der Waals surface area contributed by atoms with Gasteiger partial charge >= 0.3 is 0 Å². The number of furan rings is 1. The van der Waals surface area contributed by atoms with Crippen LogP contribution in [0.3, 0.4) is 0 Å². The number of fused-ring (bicyclic) bond motifs is 2. The third-order valence-corrected chi connectivity index (χ3v) is 9.12. The molecule has 4 aromatic carbocycles. The first-order valence-corrected chi connectivity index (χ1v) is 17.4. The van der Waals surface area contributed by atoms with Crippen molar-refractivity contribution in [3.63, 3.8) is 0 Å². The van der Waals surface area contributed by atoms with E-state index in [0.29, 0.717) is 11.8 Å². The Bertz CT molecular complexity index is 2460. The third kappa shape index (κ3) is 7.99. The Morgan fingerprint density at radius 1 is 0.808 bits per heavy atom. The number of aromatic nitrogens is 4. The molecule has 0 saturated carbocycles. The first-order chi connectivity index (χ1) is 26.1. The van der Waals surface area contributed by atoms with Crippen molar-refractivity contribution in [3.05, 3.63) is 173 Å². The van der Waals surface area contributed by atoms with Gasteiger partial charge in [0.1, 0.15) is 0 Å². The molecule has 8 rings (SSSR count). The maximum atomic E-state index is 7.23. The van der Waals surface area contributed by atoms with Crippen molar-refractivity contribution in [2.75, 3.05) is 0 Å². The molecule has 1 radical (unpaired) electrons. The zero-order valence-electron chi connectivity index (χ0n) is 32.7. The van der Waals surface area contributed by atoms with Gasteiger partial charge in [0.05, 0.1) is 16.9 Å². The molecule has 0 saturated heterocycles. The van der Waals surface area contributed by atoms with E-state index < -0.39 is 6.85 Å². The van der Waals surface area contributed by atoms with Gasteiger partial charge in [0.25, 0.3) is 0 Å². The number of hydrogen-bond acceptors (Lipinski definition) is 4. The van der Waals surface area contributed by atoms with Crippen molar-refractivity contribution in [2.45, 2.75) is 59.3 Å². The largest absolute Gasteiger partial charge is 0.557 e. The Balaban J connectivity index is 0.000000254. The van der Waals surface area contributed by atoms with Crippen LogP contribution in [-0.2, 0) is 33.1 Å². The number of para-hydroxylation sites is 2. The summed E-state index contributed by atoms with van der Waals surface area (Å²) >= 11 is 0. The maximum Gasteiger partial charge on any atom is 0.0770 e. The van der Waals surface area contributed by atoms with Gasteiger partial charge in [-0.1, -0.05) is 111 Å². The summed E-state index contributed by atoms with van der Waals surface area (Å²) in [5, 5.41) is 1.02. The molecule has 6 heteroatoms. The van der Waals surface area contributed by atoms with Crippen LogP contribution in [-0.4, -0.2) is 19.5 Å². The van der Waals surface area contributed by atoms with Gasteiger partial charge in [-0.15, -0.1) is 35.9 Å². The molecule has 52 heavy (non-hydrogen) atoms. The first kappa shape index (κ1) is 32.7. The van der Waals surface area contributed by atoms with Gasteiger partial charge in [0.15, 0.2) is 0 Å². The van der Waals surface area contributed by atoms with Crippen molar-refractivity contribution >= 4 is 22.0 Å². The second-order valence-corrected chi connectivity index (χ2v) is 13.4. The second kappa shape index (κ2) is 16.5. The zero-order valence-corrected chi connectivity index (χ0v) is 32.1. The van der Waals surface area contributed by atoms with Gasteiger partial charge in [-0.3, -0.25) is 9.97 Å². The van der Waals surface area contributed by atoms with Gasteiger partial charge < -0.3 is 14.0 Å². The molecule has 263 valence electrons. The fourth-order valence-electron chi connectivity index (χ4n) is 6.59. The van der Waals surface area contributed by atoms with Gasteiger partial charge in [-0.25, -0.2) is 0 Å². The number of pyridine rings is 2. The number of imidazole rings is 1. The molecule has 0 unspecified atom stereocenters. The summed E-state index contributed by atoms with van der Waals surface area (Å²) in [6.07, 6.45) is 7.20. The van der Waals surface area contributed by atoms with Crippen LogP contribution in [0.1, 0.15) is 77.2 Å². The quantitative estimate of drug-likeness (QED) is 0.143. The normalized spacial score (nSPS) is 12.2. The summed E-state index contributed by atoms with van der Waals surface area (Å²) in [7, 11) is 0. The van der Waals surface area contributed by atoms with Crippen LogP contribution >= 0.6 is 0 Å². The van der Waals surface area contributed by atoms with E-state index in [1.54, 1.807) is 18.2 Å². The van der Waals surface area contributed by atoms with Crippen LogP contribution in [0.5, 0.6) is 0 Å². The summed E-state index contributed by atoms with van der Waals surface area (Å²) in [6, 6.07) is 41.3. The minimum Gasteiger partial charge on any atom is -0.557 e. The van der Waals surface area contributed by atoms with Crippen LogP contribution in [0.25, 0.3) is 44.6 Å². The van der Waals surface area contributed by atoms with Crippen LogP contribution in [0, 0.1) is 19.2 Å². The molecule has 0 aliphatic carbocycles. The zero-order chi connectivity index (χ0) is 37.8. The molecule has 0 atom stereocenters. The van der Waals surface area contributed by atoms with Gasteiger partial charge in [-0.05, 0) is 70.9 Å². The van der Waals surface area contributed by atoms with Crippen LogP contribution in [0.15, 0.2) is 132 Å². The summed E-state index contributed by atoms with van der Waals surface area (Å²) in [4.78, 5) is 13.8. The fraction of sp³-hybridized carbons (Fsp3) is 0.196. The van der Waals surface area contributed by atoms with E-state index in [2.05, 4.69) is 109 Å². The number of nitrogens with zero attached hydrogens (tertiary/aromatic N) is 4. The number of hydrogen-bond donors (Lipinski definition) is 0. The summed E-state index contributed by atoms with van der Waals surface area (Å²) in [5.74, 6) is 1.74. The Kier molecular flexibility index (Phi) is 10.4. The Morgan fingerprint density at radius 2 is 1.60 bits per heavy atom. The predicted molar refractivity (Wildman–Crippen MR) is 208 cm³/mol. The summed E-state index contributed by atoms with van der Waals surface area (Å²) in [6.45, 7) is 7.75. The van der Waals surface area contributed by atoms with Gasteiger partial charge in [0.2, 0.25) is 0 Å². The maximum absolute atomic E-state index is 7.23. The molecule has 4 heterocycles. The number of aryl methyl sites for hydroxylation is 1. The van der Waals surface area contributed by atoms with Crippen LogP contribution in [0.4, 0.5) is 0 Å². The van der Waals surface area contributed by atoms with E-state index in [-0.39, 0.29) is 25.7 Å².